The van der Waals surface area contributed by atoms with Crippen molar-refractivity contribution in [1.82, 2.24) is 4.57 Å². The predicted octanol–water partition coefficient (Wildman–Crippen LogP) is 14.9. The van der Waals surface area contributed by atoms with E-state index < -0.39 is 0 Å². The molecule has 0 atom stereocenters. The van der Waals surface area contributed by atoms with Gasteiger partial charge in [-0.2, -0.15) is 0 Å². The van der Waals surface area contributed by atoms with Crippen LogP contribution in [-0.4, -0.2) is 4.57 Å². The highest BCUT2D eigenvalue weighted by molar-refractivity contribution is 6.19. The fraction of sp³-hybridized carbons (Fsp3) is 0. The van der Waals surface area contributed by atoms with Crippen LogP contribution in [0.4, 0.5) is 17.1 Å². The number of hydrogen-bond acceptors (Lipinski definition) is 3. The Morgan fingerprint density at radius 1 is 0.375 bits per heavy atom. The van der Waals surface area contributed by atoms with Gasteiger partial charge < -0.3 is 18.3 Å². The minimum Gasteiger partial charge on any atom is -0.456 e. The first-order valence-corrected chi connectivity index (χ1v) is 19.0. The molecule has 12 aromatic rings. The van der Waals surface area contributed by atoms with Crippen LogP contribution in [0.5, 0.6) is 0 Å². The topological polar surface area (TPSA) is 34.5 Å². The number of aromatic nitrogens is 1. The van der Waals surface area contributed by atoms with Crippen LogP contribution in [0.3, 0.4) is 0 Å². The average Bonchev–Trinajstić information content (AvgIpc) is 3.94. The van der Waals surface area contributed by atoms with Crippen molar-refractivity contribution in [3.05, 3.63) is 194 Å². The smallest absolute Gasteiger partial charge is 0.143 e. The highest BCUT2D eigenvalue weighted by Crippen LogP contribution is 2.43. The van der Waals surface area contributed by atoms with Gasteiger partial charge in [0, 0.05) is 60.6 Å². The van der Waals surface area contributed by atoms with Crippen molar-refractivity contribution >= 4 is 93.5 Å². The van der Waals surface area contributed by atoms with E-state index in [9.17, 15) is 0 Å². The van der Waals surface area contributed by atoms with Crippen LogP contribution in [0.15, 0.2) is 203 Å². The second-order valence-electron chi connectivity index (χ2n) is 14.5. The fourth-order valence-electron chi connectivity index (χ4n) is 8.84. The summed E-state index contributed by atoms with van der Waals surface area (Å²) in [4.78, 5) is 2.32. The van der Waals surface area contributed by atoms with Crippen molar-refractivity contribution < 1.29 is 8.83 Å². The summed E-state index contributed by atoms with van der Waals surface area (Å²) in [6.45, 7) is 0. The van der Waals surface area contributed by atoms with Crippen molar-refractivity contribution in [3.8, 4) is 16.8 Å². The first kappa shape index (κ1) is 30.9. The van der Waals surface area contributed by atoms with Gasteiger partial charge in [-0.3, -0.25) is 0 Å². The molecule has 0 aliphatic heterocycles. The standard InChI is InChI=1S/C52H32N2O2/c1-2-13-35(14-3-1)53(37-27-29-49-45(30-37)51-39-15-5-4-12-33(39)24-28-50(51)55-49)36-25-22-34(23-26-36)43-31-38(32-44-42-18-8-11-21-48(42)56-52(43)44)54-46-19-9-6-16-40(46)41-17-7-10-20-47(41)54/h1-32H. The number of nitrogens with zero attached hydrogens (tertiary/aromatic N) is 2. The van der Waals surface area contributed by atoms with Crippen molar-refractivity contribution in [2.45, 2.75) is 0 Å². The Labute approximate surface area is 321 Å². The van der Waals surface area contributed by atoms with E-state index in [4.69, 9.17) is 8.83 Å². The molecular weight excluding hydrogens is 685 g/mol. The van der Waals surface area contributed by atoms with Crippen molar-refractivity contribution in [3.63, 3.8) is 0 Å². The Balaban J connectivity index is 1.05. The Bertz CT molecular complexity index is 3430. The maximum atomic E-state index is 6.67. The van der Waals surface area contributed by atoms with Gasteiger partial charge in [-0.15, -0.1) is 0 Å². The van der Waals surface area contributed by atoms with Crippen LogP contribution in [0, 0.1) is 0 Å². The van der Waals surface area contributed by atoms with Crippen molar-refractivity contribution in [1.29, 1.82) is 0 Å². The predicted molar refractivity (Wildman–Crippen MR) is 233 cm³/mol. The molecule has 4 nitrogen and oxygen atoms in total. The zero-order valence-electron chi connectivity index (χ0n) is 30.2. The Kier molecular flexibility index (Phi) is 6.60. The molecule has 12 rings (SSSR count). The molecule has 0 unspecified atom stereocenters. The average molecular weight is 717 g/mol. The van der Waals surface area contributed by atoms with Crippen LogP contribution in [0.1, 0.15) is 0 Å². The van der Waals surface area contributed by atoms with E-state index in [1.165, 1.54) is 32.6 Å². The van der Waals surface area contributed by atoms with Gasteiger partial charge in [0.1, 0.15) is 22.3 Å². The second-order valence-corrected chi connectivity index (χ2v) is 14.5. The molecule has 3 heterocycles. The number of hydrogen-bond donors (Lipinski definition) is 0. The lowest BCUT2D eigenvalue weighted by atomic mass is 10.00. The minimum absolute atomic E-state index is 0.876. The van der Waals surface area contributed by atoms with Crippen molar-refractivity contribution in [2.75, 3.05) is 4.90 Å². The highest BCUT2D eigenvalue weighted by Gasteiger charge is 2.20. The largest absolute Gasteiger partial charge is 0.456 e. The maximum Gasteiger partial charge on any atom is 0.143 e. The zero-order chi connectivity index (χ0) is 36.7. The maximum absolute atomic E-state index is 6.67. The van der Waals surface area contributed by atoms with E-state index in [1.54, 1.807) is 0 Å². The number of furan rings is 2. The van der Waals surface area contributed by atoms with Gasteiger partial charge in [-0.1, -0.05) is 115 Å². The second kappa shape index (κ2) is 12.0. The van der Waals surface area contributed by atoms with Crippen LogP contribution in [0.2, 0.25) is 0 Å². The fourth-order valence-corrected chi connectivity index (χ4v) is 8.84. The van der Waals surface area contributed by atoms with E-state index in [1.807, 2.05) is 6.07 Å². The van der Waals surface area contributed by atoms with E-state index in [-0.39, 0.29) is 0 Å². The lowest BCUT2D eigenvalue weighted by Gasteiger charge is -2.25. The Morgan fingerprint density at radius 2 is 0.982 bits per heavy atom. The summed E-state index contributed by atoms with van der Waals surface area (Å²) in [7, 11) is 0. The van der Waals surface area contributed by atoms with Gasteiger partial charge in [0.05, 0.1) is 11.0 Å². The normalized spacial score (nSPS) is 11.9. The van der Waals surface area contributed by atoms with Gasteiger partial charge in [-0.05, 0) is 95.2 Å². The molecule has 4 heteroatoms. The van der Waals surface area contributed by atoms with E-state index in [0.717, 1.165) is 77.8 Å². The molecule has 0 saturated carbocycles. The van der Waals surface area contributed by atoms with E-state index >= 15 is 0 Å². The molecule has 0 fully saturated rings. The summed E-state index contributed by atoms with van der Waals surface area (Å²) in [5.74, 6) is 0. The molecule has 0 N–H and O–H groups in total. The summed E-state index contributed by atoms with van der Waals surface area (Å²) in [5, 5.41) is 9.30. The van der Waals surface area contributed by atoms with Gasteiger partial charge in [0.2, 0.25) is 0 Å². The molecule has 0 aliphatic rings. The van der Waals surface area contributed by atoms with Gasteiger partial charge in [0.15, 0.2) is 0 Å². The quantitative estimate of drug-likeness (QED) is 0.178. The van der Waals surface area contributed by atoms with E-state index in [0.29, 0.717) is 0 Å². The zero-order valence-corrected chi connectivity index (χ0v) is 30.2. The number of rotatable bonds is 5. The van der Waals surface area contributed by atoms with Gasteiger partial charge in [-0.25, -0.2) is 0 Å². The van der Waals surface area contributed by atoms with Gasteiger partial charge in [0.25, 0.3) is 0 Å². The minimum atomic E-state index is 0.876. The first-order chi connectivity index (χ1) is 27.8. The number of benzene rings is 9. The molecule has 0 amide bonds. The molecule has 9 aromatic carbocycles. The summed E-state index contributed by atoms with van der Waals surface area (Å²) in [6.07, 6.45) is 0. The number of anilines is 3. The summed E-state index contributed by atoms with van der Waals surface area (Å²) < 4.78 is 15.4. The molecule has 0 saturated heterocycles. The molecule has 3 aromatic heterocycles. The third kappa shape index (κ3) is 4.60. The number of fused-ring (bicyclic) bond motifs is 11. The van der Waals surface area contributed by atoms with Crippen molar-refractivity contribution in [2.24, 2.45) is 0 Å². The Hall–Kier alpha value is -7.56. The number of para-hydroxylation sites is 4. The molecule has 0 spiro atoms. The van der Waals surface area contributed by atoms with Crippen LogP contribution in [-0.2, 0) is 0 Å². The molecular formula is C52H32N2O2. The third-order valence-electron chi connectivity index (χ3n) is 11.4. The summed E-state index contributed by atoms with van der Waals surface area (Å²) in [6, 6.07) is 69.0. The molecule has 0 radical (unpaired) electrons. The molecule has 0 aliphatic carbocycles. The van der Waals surface area contributed by atoms with Crippen LogP contribution >= 0.6 is 0 Å². The Morgan fingerprint density at radius 3 is 1.77 bits per heavy atom. The molecule has 0 bridgehead atoms. The highest BCUT2D eigenvalue weighted by atomic mass is 16.3. The van der Waals surface area contributed by atoms with Crippen LogP contribution < -0.4 is 4.90 Å². The third-order valence-corrected chi connectivity index (χ3v) is 11.4. The first-order valence-electron chi connectivity index (χ1n) is 19.0. The summed E-state index contributed by atoms with van der Waals surface area (Å²) >= 11 is 0. The van der Waals surface area contributed by atoms with Crippen LogP contribution in [0.25, 0.3) is 93.3 Å². The monoisotopic (exact) mass is 716 g/mol. The summed E-state index contributed by atoms with van der Waals surface area (Å²) in [5.41, 5.74) is 12.3. The lowest BCUT2D eigenvalue weighted by molar-refractivity contribution is 0.669. The van der Waals surface area contributed by atoms with Gasteiger partial charge >= 0.3 is 0 Å². The molecule has 262 valence electrons. The molecule has 56 heavy (non-hydrogen) atoms. The SMILES string of the molecule is c1ccc(N(c2ccc(-c3cc(-n4c5ccccc5c5ccccc54)cc4c3oc3ccccc34)cc2)c2ccc3oc4ccc5ccccc5c4c3c2)cc1. The van der Waals surface area contributed by atoms with E-state index in [2.05, 4.69) is 198 Å². The lowest BCUT2D eigenvalue weighted by Crippen LogP contribution is -2.09.